The van der Waals surface area contributed by atoms with E-state index in [1.165, 1.54) is 11.1 Å². The predicted octanol–water partition coefficient (Wildman–Crippen LogP) is 2.94. The molecular weight excluding hydrogens is 302 g/mol. The minimum Gasteiger partial charge on any atom is -0.339 e. The van der Waals surface area contributed by atoms with Crippen LogP contribution in [0.4, 0.5) is 10.5 Å². The summed E-state index contributed by atoms with van der Waals surface area (Å²) in [6, 6.07) is 6.36. The maximum Gasteiger partial charge on any atom is 0.319 e. The Labute approximate surface area is 143 Å². The van der Waals surface area contributed by atoms with Crippen molar-refractivity contribution < 1.29 is 9.59 Å². The quantitative estimate of drug-likeness (QED) is 0.843. The number of hydrogen-bond donors (Lipinski definition) is 2. The van der Waals surface area contributed by atoms with Gasteiger partial charge >= 0.3 is 6.03 Å². The van der Waals surface area contributed by atoms with E-state index in [1.807, 2.05) is 17.0 Å². The maximum atomic E-state index is 12.1. The molecule has 24 heavy (non-hydrogen) atoms. The average Bonchev–Trinajstić information content (AvgIpc) is 3.35. The van der Waals surface area contributed by atoms with Gasteiger partial charge in [0.1, 0.15) is 0 Å². The number of aryl methyl sites for hydroxylation is 2. The number of amides is 3. The Morgan fingerprint density at radius 3 is 2.62 bits per heavy atom. The Balaban J connectivity index is 1.48. The van der Waals surface area contributed by atoms with Crippen molar-refractivity contribution in [2.75, 3.05) is 18.4 Å². The zero-order chi connectivity index (χ0) is 17.1. The van der Waals surface area contributed by atoms with Gasteiger partial charge in [-0.1, -0.05) is 19.9 Å². The Morgan fingerprint density at radius 2 is 1.96 bits per heavy atom. The topological polar surface area (TPSA) is 61.4 Å². The third-order valence-corrected chi connectivity index (χ3v) is 5.00. The highest BCUT2D eigenvalue weighted by Crippen LogP contribution is 2.32. The van der Waals surface area contributed by atoms with Gasteiger partial charge in [-0.15, -0.1) is 0 Å². The van der Waals surface area contributed by atoms with E-state index in [4.69, 9.17) is 0 Å². The molecule has 3 amide bonds. The molecule has 1 saturated heterocycles. The number of carbonyl (C=O) groups excluding carboxylic acids is 2. The molecule has 1 aliphatic heterocycles. The molecule has 0 aromatic heterocycles. The molecule has 2 aliphatic rings. The normalized spacial score (nSPS) is 20.3. The number of benzene rings is 1. The number of likely N-dealkylation sites (tertiary alicyclic amines) is 1. The van der Waals surface area contributed by atoms with Gasteiger partial charge in [-0.05, 0) is 48.9 Å². The van der Waals surface area contributed by atoms with E-state index in [-0.39, 0.29) is 17.9 Å². The van der Waals surface area contributed by atoms with E-state index in [0.717, 1.165) is 37.9 Å². The zero-order valence-corrected chi connectivity index (χ0v) is 14.6. The highest BCUT2D eigenvalue weighted by molar-refractivity contribution is 5.89. The van der Waals surface area contributed by atoms with Crippen LogP contribution >= 0.6 is 0 Å². The Morgan fingerprint density at radius 1 is 1.21 bits per heavy atom. The fourth-order valence-corrected chi connectivity index (χ4v) is 3.47. The number of rotatable bonds is 6. The Hall–Kier alpha value is -2.04. The Kier molecular flexibility index (Phi) is 5.07. The second-order valence-electron chi connectivity index (χ2n) is 6.87. The van der Waals surface area contributed by atoms with Crippen LogP contribution in [-0.4, -0.2) is 36.0 Å². The van der Waals surface area contributed by atoms with E-state index < -0.39 is 0 Å². The van der Waals surface area contributed by atoms with Crippen molar-refractivity contribution >= 4 is 17.6 Å². The fourth-order valence-electron chi connectivity index (χ4n) is 3.47. The minimum atomic E-state index is -0.196. The molecular formula is C19H27N3O2. The summed E-state index contributed by atoms with van der Waals surface area (Å²) >= 11 is 0. The van der Waals surface area contributed by atoms with Crippen LogP contribution in [0.5, 0.6) is 0 Å². The SMILES string of the molecule is CCc1ccc(NC(=O)NCC2CC(=O)N(C3CC3)C2)cc1CC. The van der Waals surface area contributed by atoms with Gasteiger partial charge in [0.05, 0.1) is 0 Å². The van der Waals surface area contributed by atoms with Gasteiger partial charge in [0.2, 0.25) is 5.91 Å². The number of nitrogens with zero attached hydrogens (tertiary/aromatic N) is 1. The monoisotopic (exact) mass is 329 g/mol. The fraction of sp³-hybridized carbons (Fsp3) is 0.579. The van der Waals surface area contributed by atoms with Crippen molar-refractivity contribution in [3.8, 4) is 0 Å². The molecule has 0 bridgehead atoms. The lowest BCUT2D eigenvalue weighted by atomic mass is 10.0. The minimum absolute atomic E-state index is 0.196. The number of hydrogen-bond acceptors (Lipinski definition) is 2. The van der Waals surface area contributed by atoms with Crippen LogP contribution in [0, 0.1) is 5.92 Å². The molecule has 1 aromatic carbocycles. The third-order valence-electron chi connectivity index (χ3n) is 5.00. The molecule has 1 heterocycles. The van der Waals surface area contributed by atoms with E-state index in [0.29, 0.717) is 19.0 Å². The summed E-state index contributed by atoms with van der Waals surface area (Å²) in [5.41, 5.74) is 3.42. The van der Waals surface area contributed by atoms with Crippen LogP contribution in [0.25, 0.3) is 0 Å². The molecule has 1 saturated carbocycles. The summed E-state index contributed by atoms with van der Waals surface area (Å²) in [6.07, 6.45) is 4.80. The van der Waals surface area contributed by atoms with Gasteiger partial charge in [0.15, 0.2) is 0 Å². The smallest absolute Gasteiger partial charge is 0.319 e. The first-order chi connectivity index (χ1) is 11.6. The van der Waals surface area contributed by atoms with Crippen LogP contribution in [0.3, 0.4) is 0 Å². The lowest BCUT2D eigenvalue weighted by molar-refractivity contribution is -0.128. The highest BCUT2D eigenvalue weighted by atomic mass is 16.2. The van der Waals surface area contributed by atoms with Crippen molar-refractivity contribution in [3.05, 3.63) is 29.3 Å². The summed E-state index contributed by atoms with van der Waals surface area (Å²) < 4.78 is 0. The van der Waals surface area contributed by atoms with Gasteiger partial charge in [0.25, 0.3) is 0 Å². The molecule has 2 fully saturated rings. The summed E-state index contributed by atoms with van der Waals surface area (Å²) in [4.78, 5) is 26.0. The second kappa shape index (κ2) is 7.24. The number of anilines is 1. The molecule has 1 atom stereocenters. The number of urea groups is 1. The molecule has 0 spiro atoms. The van der Waals surface area contributed by atoms with Crippen LogP contribution in [0.1, 0.15) is 44.2 Å². The molecule has 1 aliphatic carbocycles. The van der Waals surface area contributed by atoms with Crippen molar-refractivity contribution in [3.63, 3.8) is 0 Å². The second-order valence-corrected chi connectivity index (χ2v) is 6.87. The lowest BCUT2D eigenvalue weighted by Crippen LogP contribution is -2.34. The molecule has 5 nitrogen and oxygen atoms in total. The molecule has 0 radical (unpaired) electrons. The van der Waals surface area contributed by atoms with Crippen molar-refractivity contribution in [1.29, 1.82) is 0 Å². The first-order valence-corrected chi connectivity index (χ1v) is 9.06. The molecule has 1 unspecified atom stereocenters. The highest BCUT2D eigenvalue weighted by Gasteiger charge is 2.39. The number of carbonyl (C=O) groups is 2. The lowest BCUT2D eigenvalue weighted by Gasteiger charge is -2.16. The van der Waals surface area contributed by atoms with Crippen LogP contribution in [0.2, 0.25) is 0 Å². The van der Waals surface area contributed by atoms with Gasteiger partial charge < -0.3 is 15.5 Å². The summed E-state index contributed by atoms with van der Waals surface area (Å²) in [5, 5.41) is 5.81. The molecule has 2 N–H and O–H groups in total. The van der Waals surface area contributed by atoms with Crippen molar-refractivity contribution in [2.24, 2.45) is 5.92 Å². The Bertz CT molecular complexity index is 625. The van der Waals surface area contributed by atoms with Crippen LogP contribution < -0.4 is 10.6 Å². The van der Waals surface area contributed by atoms with Gasteiger partial charge in [-0.25, -0.2) is 4.79 Å². The van der Waals surface area contributed by atoms with Crippen LogP contribution in [-0.2, 0) is 17.6 Å². The van der Waals surface area contributed by atoms with E-state index >= 15 is 0 Å². The standard InChI is InChI=1S/C19H27N3O2/c1-3-14-5-6-16(10-15(14)4-2)21-19(24)20-11-13-9-18(23)22(12-13)17-7-8-17/h5-6,10,13,17H,3-4,7-9,11-12H2,1-2H3,(H2,20,21,24). The van der Waals surface area contributed by atoms with Crippen molar-refractivity contribution in [2.45, 2.75) is 52.0 Å². The first kappa shape index (κ1) is 16.8. The summed E-state index contributed by atoms with van der Waals surface area (Å²) in [6.45, 7) is 5.60. The average molecular weight is 329 g/mol. The third kappa shape index (κ3) is 3.89. The van der Waals surface area contributed by atoms with E-state index in [9.17, 15) is 9.59 Å². The summed E-state index contributed by atoms with van der Waals surface area (Å²) in [5.74, 6) is 0.477. The predicted molar refractivity (Wildman–Crippen MR) is 95.1 cm³/mol. The molecule has 5 heteroatoms. The maximum absolute atomic E-state index is 12.1. The van der Waals surface area contributed by atoms with Gasteiger partial charge in [-0.2, -0.15) is 0 Å². The van der Waals surface area contributed by atoms with E-state index in [1.54, 1.807) is 0 Å². The van der Waals surface area contributed by atoms with Crippen molar-refractivity contribution in [1.82, 2.24) is 10.2 Å². The molecule has 130 valence electrons. The largest absolute Gasteiger partial charge is 0.339 e. The van der Waals surface area contributed by atoms with Gasteiger partial charge in [-0.3, -0.25) is 4.79 Å². The number of nitrogens with one attached hydrogen (secondary N) is 2. The van der Waals surface area contributed by atoms with Crippen LogP contribution in [0.15, 0.2) is 18.2 Å². The zero-order valence-electron chi connectivity index (χ0n) is 14.6. The molecule has 3 rings (SSSR count). The van der Waals surface area contributed by atoms with Gasteiger partial charge in [0, 0.05) is 37.2 Å². The first-order valence-electron chi connectivity index (χ1n) is 9.06. The van der Waals surface area contributed by atoms with E-state index in [2.05, 4.69) is 30.5 Å². The summed E-state index contributed by atoms with van der Waals surface area (Å²) in [7, 11) is 0. The molecule has 1 aromatic rings.